The molecule has 1 aromatic carbocycles. The zero-order chi connectivity index (χ0) is 8.32. The third-order valence-electron chi connectivity index (χ3n) is 0.955. The van der Waals surface area contributed by atoms with E-state index >= 15 is 0 Å². The Hall–Kier alpha value is 0.718. The van der Waals surface area contributed by atoms with Gasteiger partial charge in [-0.1, -0.05) is 0 Å². The van der Waals surface area contributed by atoms with Gasteiger partial charge < -0.3 is 0 Å². The second kappa shape index (κ2) is 4.10. The zero-order valence-corrected chi connectivity index (χ0v) is 10.7. The van der Waals surface area contributed by atoms with Gasteiger partial charge in [0.1, 0.15) is 0 Å². The molecular weight excluding hydrogens is 374 g/mol. The topological polar surface area (TPSA) is 9.23 Å². The first-order chi connectivity index (χ1) is 5.08. The Labute approximate surface area is 85.4 Å². The van der Waals surface area contributed by atoms with Gasteiger partial charge in [-0.2, -0.15) is 0 Å². The molecule has 0 N–H and O–H groups in total. The average Bonchev–Trinajstić information content (AvgIpc) is 1.85. The Balaban J connectivity index is 2.74. The van der Waals surface area contributed by atoms with Crippen LogP contribution in [0.5, 0.6) is 5.75 Å². The fourth-order valence-electron chi connectivity index (χ4n) is 0.604. The maximum atomic E-state index is 5.76. The molecule has 1 aromatic rings. The summed E-state index contributed by atoms with van der Waals surface area (Å²) >= 11 is 12.6. The van der Waals surface area contributed by atoms with E-state index in [0.717, 1.165) is 24.6 Å². The van der Waals surface area contributed by atoms with Crippen LogP contribution in [0.3, 0.4) is 0 Å². The Morgan fingerprint density at radius 3 is 2.18 bits per heavy atom. The fourth-order valence-corrected chi connectivity index (χ4v) is 2.38. The average molecular weight is 379 g/mol. The van der Waals surface area contributed by atoms with Crippen LogP contribution in [0.4, 0.5) is 0 Å². The standard InChI is InChI=1S/C6H5Cl2OP.W/c7-10(8)9-6-4-2-1-3-5-6;/h1-5H;. The molecule has 0 aliphatic heterocycles. The van der Waals surface area contributed by atoms with Crippen LogP contribution >= 0.6 is 26.3 Å². The molecule has 0 aliphatic rings. The summed E-state index contributed by atoms with van der Waals surface area (Å²) in [6.45, 7) is 0. The van der Waals surface area contributed by atoms with Gasteiger partial charge in [0.25, 0.3) is 0 Å². The summed E-state index contributed by atoms with van der Waals surface area (Å²) in [5.74, 6) is 0.737. The molecule has 5 heteroatoms. The van der Waals surface area contributed by atoms with Gasteiger partial charge in [-0.15, -0.1) is 0 Å². The maximum absolute atomic E-state index is 5.76. The monoisotopic (exact) mass is 378 g/mol. The van der Waals surface area contributed by atoms with E-state index in [9.17, 15) is 0 Å². The molecule has 0 heterocycles. The van der Waals surface area contributed by atoms with E-state index in [0.29, 0.717) is 0 Å². The van der Waals surface area contributed by atoms with Gasteiger partial charge in [-0.25, -0.2) is 0 Å². The fraction of sp³-hybridized carbons (Fsp3) is 0. The summed E-state index contributed by atoms with van der Waals surface area (Å²) < 4.78 is 3.17. The number of rotatable bonds is 2. The van der Waals surface area contributed by atoms with E-state index in [1.54, 1.807) is 0 Å². The summed E-state index contributed by atoms with van der Waals surface area (Å²) in [6.07, 6.45) is 0. The van der Waals surface area contributed by atoms with Crippen LogP contribution < -0.4 is 4.52 Å². The van der Waals surface area contributed by atoms with E-state index in [4.69, 9.17) is 27.0 Å². The molecule has 1 nitrogen and oxygen atoms in total. The molecular formula is C6H5Cl2OPW. The van der Waals surface area contributed by atoms with Crippen molar-refractivity contribution in [2.45, 2.75) is 0 Å². The molecule has 0 unspecified atom stereocenters. The van der Waals surface area contributed by atoms with Crippen molar-refractivity contribution in [3.05, 3.63) is 30.3 Å². The van der Waals surface area contributed by atoms with Crippen molar-refractivity contribution in [3.8, 4) is 5.75 Å². The number of hydrogen-bond donors (Lipinski definition) is 0. The van der Waals surface area contributed by atoms with Crippen molar-refractivity contribution in [1.29, 1.82) is 0 Å². The Bertz CT molecular complexity index is 271. The number of benzene rings is 1. The third kappa shape index (κ3) is 4.33. The van der Waals surface area contributed by atoms with Crippen molar-refractivity contribution >= 4 is 26.3 Å². The van der Waals surface area contributed by atoms with E-state index < -0.39 is 3.83 Å². The third-order valence-corrected chi connectivity index (χ3v) is 2.60. The van der Waals surface area contributed by atoms with Gasteiger partial charge in [0.15, 0.2) is 0 Å². The summed E-state index contributed by atoms with van der Waals surface area (Å²) in [6, 6.07) is 9.35. The molecule has 0 spiro atoms. The van der Waals surface area contributed by atoms with Crippen LogP contribution in [0.25, 0.3) is 0 Å². The quantitative estimate of drug-likeness (QED) is 0.712. The number of hydrogen-bond acceptors (Lipinski definition) is 1. The molecule has 0 fully saturated rings. The van der Waals surface area contributed by atoms with Gasteiger partial charge in [-0.3, -0.25) is 0 Å². The van der Waals surface area contributed by atoms with Gasteiger partial charge in [-0.05, 0) is 0 Å². The van der Waals surface area contributed by atoms with E-state index in [2.05, 4.69) is 0 Å². The minimum atomic E-state index is -2.11. The van der Waals surface area contributed by atoms with Crippen molar-refractivity contribution in [2.24, 2.45) is 0 Å². The van der Waals surface area contributed by atoms with Crippen LogP contribution in [-0.2, 0) is 18.8 Å². The predicted molar refractivity (Wildman–Crippen MR) is 45.7 cm³/mol. The van der Waals surface area contributed by atoms with Crippen LogP contribution in [0, 0.1) is 0 Å². The summed E-state index contributed by atoms with van der Waals surface area (Å²) in [5.41, 5.74) is 0. The summed E-state index contributed by atoms with van der Waals surface area (Å²) in [5, 5.41) is 0. The van der Waals surface area contributed by atoms with Gasteiger partial charge >= 0.3 is 85.7 Å². The molecule has 0 aromatic heterocycles. The first kappa shape index (κ1) is 9.80. The van der Waals surface area contributed by atoms with Gasteiger partial charge in [0.2, 0.25) is 0 Å². The van der Waals surface area contributed by atoms with E-state index in [-0.39, 0.29) is 0 Å². The van der Waals surface area contributed by atoms with Crippen LogP contribution in [-0.4, -0.2) is 0 Å². The Morgan fingerprint density at radius 1 is 1.18 bits per heavy atom. The first-order valence-corrected chi connectivity index (χ1v) is 10.2. The Kier molecular flexibility index (Phi) is 3.65. The van der Waals surface area contributed by atoms with Crippen molar-refractivity contribution in [3.63, 3.8) is 0 Å². The Morgan fingerprint density at radius 2 is 1.73 bits per heavy atom. The van der Waals surface area contributed by atoms with Crippen molar-refractivity contribution in [1.82, 2.24) is 0 Å². The van der Waals surface area contributed by atoms with E-state index in [1.165, 1.54) is 0 Å². The summed E-state index contributed by atoms with van der Waals surface area (Å²) in [4.78, 5) is 0. The van der Waals surface area contributed by atoms with E-state index in [1.807, 2.05) is 30.3 Å². The van der Waals surface area contributed by atoms with Crippen LogP contribution in [0.1, 0.15) is 0 Å². The first-order valence-electron chi connectivity index (χ1n) is 2.82. The molecule has 0 amide bonds. The molecule has 0 saturated heterocycles. The molecule has 0 radical (unpaired) electrons. The normalized spacial score (nSPS) is 11.1. The van der Waals surface area contributed by atoms with Gasteiger partial charge in [0, 0.05) is 0 Å². The minimum absolute atomic E-state index is 0.737. The predicted octanol–water partition coefficient (Wildman–Crippen LogP) is 3.77. The SMILES string of the molecule is Cl[P](Cl)(=[W])Oc1ccccc1. The number of halogens is 2. The molecule has 11 heavy (non-hydrogen) atoms. The molecule has 0 saturated carbocycles. The van der Waals surface area contributed by atoms with Crippen molar-refractivity contribution in [2.75, 3.05) is 0 Å². The van der Waals surface area contributed by atoms with Crippen LogP contribution in [0.15, 0.2) is 30.3 Å². The molecule has 0 aliphatic carbocycles. The molecule has 1 rings (SSSR count). The molecule has 60 valence electrons. The second-order valence-corrected chi connectivity index (χ2v) is 16.6. The zero-order valence-electron chi connectivity index (χ0n) is 5.41. The molecule has 0 atom stereocenters. The van der Waals surface area contributed by atoms with Crippen LogP contribution in [0.2, 0.25) is 0 Å². The molecule has 0 bridgehead atoms. The van der Waals surface area contributed by atoms with Gasteiger partial charge in [0.05, 0.1) is 0 Å². The van der Waals surface area contributed by atoms with Crippen molar-refractivity contribution < 1.29 is 23.3 Å². The second-order valence-electron chi connectivity index (χ2n) is 1.82. The number of para-hydroxylation sites is 1. The summed E-state index contributed by atoms with van der Waals surface area (Å²) in [7, 11) is 0.